The van der Waals surface area contributed by atoms with Gasteiger partial charge in [0.1, 0.15) is 11.6 Å². The third-order valence-electron chi connectivity index (χ3n) is 2.84. The molecule has 0 atom stereocenters. The van der Waals surface area contributed by atoms with Crippen LogP contribution in [0, 0.1) is 5.92 Å². The van der Waals surface area contributed by atoms with Gasteiger partial charge in [-0.05, 0) is 30.0 Å². The Bertz CT molecular complexity index is 584. The van der Waals surface area contributed by atoms with Crippen LogP contribution in [-0.2, 0) is 12.8 Å². The van der Waals surface area contributed by atoms with Gasteiger partial charge in [0.2, 0.25) is 0 Å². The Hall–Kier alpha value is -1.46. The summed E-state index contributed by atoms with van der Waals surface area (Å²) in [7, 11) is 0. The standard InChI is InChI=1S/C15H19BrN4/c1-10(2)6-13-9-15(20-17)19-14(18-13)8-11-4-3-5-12(16)7-11/h3-5,7,9-10H,6,8,17H2,1-2H3,(H,18,19,20). The van der Waals surface area contributed by atoms with Crippen LogP contribution in [0.4, 0.5) is 5.82 Å². The number of nitrogens with two attached hydrogens (primary N) is 1. The highest BCUT2D eigenvalue weighted by Crippen LogP contribution is 2.16. The van der Waals surface area contributed by atoms with Crippen LogP contribution in [0.25, 0.3) is 0 Å². The maximum Gasteiger partial charge on any atom is 0.143 e. The van der Waals surface area contributed by atoms with E-state index in [1.807, 2.05) is 18.2 Å². The third-order valence-corrected chi connectivity index (χ3v) is 3.34. The molecule has 2 rings (SSSR count). The second-order valence-electron chi connectivity index (χ2n) is 5.21. The molecule has 0 aliphatic carbocycles. The normalized spacial score (nSPS) is 10.8. The first kappa shape index (κ1) is 14.9. The highest BCUT2D eigenvalue weighted by atomic mass is 79.9. The molecular weight excluding hydrogens is 316 g/mol. The van der Waals surface area contributed by atoms with E-state index in [0.717, 1.165) is 22.4 Å². The van der Waals surface area contributed by atoms with Crippen LogP contribution in [0.1, 0.15) is 30.9 Å². The average Bonchev–Trinajstić information content (AvgIpc) is 2.37. The molecule has 0 fully saturated rings. The molecule has 0 amide bonds. The molecule has 0 saturated heterocycles. The Balaban J connectivity index is 2.26. The maximum atomic E-state index is 5.49. The first-order valence-electron chi connectivity index (χ1n) is 6.64. The lowest BCUT2D eigenvalue weighted by Crippen LogP contribution is -2.12. The van der Waals surface area contributed by atoms with Crippen LogP contribution in [0.2, 0.25) is 0 Å². The van der Waals surface area contributed by atoms with Gasteiger partial charge in [-0.15, -0.1) is 0 Å². The first-order valence-corrected chi connectivity index (χ1v) is 7.44. The number of nitrogens with zero attached hydrogens (tertiary/aromatic N) is 2. The first-order chi connectivity index (χ1) is 9.56. The molecule has 5 heteroatoms. The molecule has 0 bridgehead atoms. The van der Waals surface area contributed by atoms with Gasteiger partial charge in [-0.3, -0.25) is 0 Å². The van der Waals surface area contributed by atoms with Crippen molar-refractivity contribution in [3.63, 3.8) is 0 Å². The van der Waals surface area contributed by atoms with Gasteiger partial charge in [0.15, 0.2) is 0 Å². The molecule has 3 N–H and O–H groups in total. The second kappa shape index (κ2) is 6.81. The summed E-state index contributed by atoms with van der Waals surface area (Å²) in [5.41, 5.74) is 4.81. The van der Waals surface area contributed by atoms with E-state index in [0.29, 0.717) is 18.2 Å². The van der Waals surface area contributed by atoms with Crippen molar-refractivity contribution in [3.8, 4) is 0 Å². The van der Waals surface area contributed by atoms with Crippen molar-refractivity contribution in [3.05, 3.63) is 51.9 Å². The highest BCUT2D eigenvalue weighted by molar-refractivity contribution is 9.10. The van der Waals surface area contributed by atoms with Crippen molar-refractivity contribution >= 4 is 21.7 Å². The monoisotopic (exact) mass is 334 g/mol. The zero-order valence-electron chi connectivity index (χ0n) is 11.7. The van der Waals surface area contributed by atoms with E-state index in [9.17, 15) is 0 Å². The summed E-state index contributed by atoms with van der Waals surface area (Å²) in [5.74, 6) is 7.49. The number of hydrazine groups is 1. The number of halogens is 1. The molecule has 1 aromatic carbocycles. The Kier molecular flexibility index (Phi) is 5.09. The predicted molar refractivity (Wildman–Crippen MR) is 85.3 cm³/mol. The zero-order valence-corrected chi connectivity index (χ0v) is 13.3. The molecule has 0 saturated carbocycles. The lowest BCUT2D eigenvalue weighted by Gasteiger charge is -2.09. The van der Waals surface area contributed by atoms with Gasteiger partial charge in [0.05, 0.1) is 0 Å². The molecule has 0 spiro atoms. The smallest absolute Gasteiger partial charge is 0.143 e. The van der Waals surface area contributed by atoms with Crippen molar-refractivity contribution < 1.29 is 0 Å². The van der Waals surface area contributed by atoms with Crippen LogP contribution in [0.3, 0.4) is 0 Å². The molecule has 1 aromatic heterocycles. The van der Waals surface area contributed by atoms with Gasteiger partial charge >= 0.3 is 0 Å². The number of rotatable bonds is 5. The number of benzene rings is 1. The van der Waals surface area contributed by atoms with E-state index in [1.54, 1.807) is 0 Å². The number of hydrogen-bond donors (Lipinski definition) is 2. The lowest BCUT2D eigenvalue weighted by molar-refractivity contribution is 0.631. The number of nitrogens with one attached hydrogen (secondary N) is 1. The Labute approximate surface area is 127 Å². The lowest BCUT2D eigenvalue weighted by atomic mass is 10.1. The molecule has 4 nitrogen and oxygen atoms in total. The molecule has 0 radical (unpaired) electrons. The van der Waals surface area contributed by atoms with Crippen molar-refractivity contribution in [1.29, 1.82) is 0 Å². The Morgan fingerprint density at radius 3 is 2.70 bits per heavy atom. The van der Waals surface area contributed by atoms with Gasteiger partial charge in [0, 0.05) is 22.7 Å². The molecule has 106 valence electrons. The number of nitrogen functional groups attached to an aromatic ring is 1. The summed E-state index contributed by atoms with van der Waals surface area (Å²) in [4.78, 5) is 9.05. The quantitative estimate of drug-likeness (QED) is 0.650. The third kappa shape index (κ3) is 4.28. The van der Waals surface area contributed by atoms with Crippen LogP contribution in [0.15, 0.2) is 34.8 Å². The fraction of sp³-hybridized carbons (Fsp3) is 0.333. The topological polar surface area (TPSA) is 63.8 Å². The van der Waals surface area contributed by atoms with Crippen LogP contribution < -0.4 is 11.3 Å². The van der Waals surface area contributed by atoms with Gasteiger partial charge in [0.25, 0.3) is 0 Å². The van der Waals surface area contributed by atoms with Gasteiger partial charge in [-0.25, -0.2) is 15.8 Å². The average molecular weight is 335 g/mol. The molecule has 20 heavy (non-hydrogen) atoms. The molecule has 2 aromatic rings. The second-order valence-corrected chi connectivity index (χ2v) is 6.13. The van der Waals surface area contributed by atoms with E-state index in [2.05, 4.69) is 57.3 Å². The minimum absolute atomic E-state index is 0.550. The van der Waals surface area contributed by atoms with Gasteiger partial charge in [-0.2, -0.15) is 0 Å². The predicted octanol–water partition coefficient (Wildman–Crippen LogP) is 3.31. The molecule has 0 aliphatic rings. The Morgan fingerprint density at radius 1 is 1.25 bits per heavy atom. The molecule has 1 heterocycles. The summed E-state index contributed by atoms with van der Waals surface area (Å²) >= 11 is 3.48. The van der Waals surface area contributed by atoms with Crippen LogP contribution >= 0.6 is 15.9 Å². The summed E-state index contributed by atoms with van der Waals surface area (Å²) < 4.78 is 1.06. The van der Waals surface area contributed by atoms with Gasteiger partial charge < -0.3 is 5.43 Å². The van der Waals surface area contributed by atoms with Crippen LogP contribution in [0.5, 0.6) is 0 Å². The summed E-state index contributed by atoms with van der Waals surface area (Å²) in [6.45, 7) is 4.34. The SMILES string of the molecule is CC(C)Cc1cc(NN)nc(Cc2cccc(Br)c2)n1. The fourth-order valence-corrected chi connectivity index (χ4v) is 2.50. The van der Waals surface area contributed by atoms with E-state index >= 15 is 0 Å². The maximum absolute atomic E-state index is 5.49. The highest BCUT2D eigenvalue weighted by Gasteiger charge is 2.07. The van der Waals surface area contributed by atoms with E-state index in [4.69, 9.17) is 5.84 Å². The fourth-order valence-electron chi connectivity index (χ4n) is 2.06. The summed E-state index contributed by atoms with van der Waals surface area (Å²) in [6.07, 6.45) is 1.61. The minimum atomic E-state index is 0.550. The largest absolute Gasteiger partial charge is 0.308 e. The van der Waals surface area contributed by atoms with E-state index in [-0.39, 0.29) is 0 Å². The molecular formula is C15H19BrN4. The summed E-state index contributed by atoms with van der Waals surface area (Å²) in [6, 6.07) is 10.1. The number of aromatic nitrogens is 2. The van der Waals surface area contributed by atoms with E-state index < -0.39 is 0 Å². The minimum Gasteiger partial charge on any atom is -0.308 e. The Morgan fingerprint density at radius 2 is 2.05 bits per heavy atom. The van der Waals surface area contributed by atoms with Crippen molar-refractivity contribution in [2.45, 2.75) is 26.7 Å². The summed E-state index contributed by atoms with van der Waals surface area (Å²) in [5, 5.41) is 0. The molecule has 0 aliphatic heterocycles. The van der Waals surface area contributed by atoms with Crippen molar-refractivity contribution in [2.75, 3.05) is 5.43 Å². The van der Waals surface area contributed by atoms with Gasteiger partial charge in [-0.1, -0.05) is 41.9 Å². The van der Waals surface area contributed by atoms with Crippen molar-refractivity contribution in [1.82, 2.24) is 9.97 Å². The van der Waals surface area contributed by atoms with Crippen molar-refractivity contribution in [2.24, 2.45) is 11.8 Å². The molecule has 0 unspecified atom stereocenters. The number of hydrogen-bond acceptors (Lipinski definition) is 4. The van der Waals surface area contributed by atoms with Crippen LogP contribution in [-0.4, -0.2) is 9.97 Å². The zero-order chi connectivity index (χ0) is 14.5. The van der Waals surface area contributed by atoms with E-state index in [1.165, 1.54) is 5.56 Å². The number of anilines is 1.